The number of benzene rings is 2. The third-order valence-corrected chi connectivity index (χ3v) is 4.63. The molecule has 0 spiro atoms. The highest BCUT2D eigenvalue weighted by atomic mass is 19.1. The molecule has 1 aliphatic rings. The maximum Gasteiger partial charge on any atom is 0.173 e. The summed E-state index contributed by atoms with van der Waals surface area (Å²) in [6, 6.07) is 12.4. The molecule has 0 aliphatic carbocycles. The van der Waals surface area contributed by atoms with Crippen LogP contribution >= 0.6 is 0 Å². The van der Waals surface area contributed by atoms with Crippen LogP contribution in [0.4, 0.5) is 8.78 Å². The van der Waals surface area contributed by atoms with Crippen LogP contribution < -0.4 is 0 Å². The Morgan fingerprint density at radius 3 is 2.52 bits per heavy atom. The van der Waals surface area contributed by atoms with E-state index in [9.17, 15) is 8.78 Å². The van der Waals surface area contributed by atoms with E-state index in [2.05, 4.69) is 20.4 Å². The van der Waals surface area contributed by atoms with Crippen molar-refractivity contribution in [1.29, 1.82) is 0 Å². The monoisotopic (exact) mass is 371 g/mol. The molecular weight excluding hydrogens is 352 g/mol. The highest BCUT2D eigenvalue weighted by Crippen LogP contribution is 2.28. The Bertz CT molecular complexity index is 893. The summed E-state index contributed by atoms with van der Waals surface area (Å²) in [4.78, 5) is 2.19. The lowest BCUT2D eigenvalue weighted by atomic mass is 10.0. The molecule has 8 heteroatoms. The van der Waals surface area contributed by atoms with Crippen LogP contribution in [0.3, 0.4) is 0 Å². The number of halogens is 2. The fourth-order valence-electron chi connectivity index (χ4n) is 3.32. The normalized spacial score (nSPS) is 16.4. The SMILES string of the molecule is Fc1ccc(Cn2nnnc2C(c2cccc(F)c2)N2CCOCC2)cc1. The first-order valence-electron chi connectivity index (χ1n) is 8.78. The van der Waals surface area contributed by atoms with Gasteiger partial charge < -0.3 is 4.74 Å². The number of ether oxygens (including phenoxy) is 1. The Labute approximate surface area is 155 Å². The molecule has 4 rings (SSSR count). The summed E-state index contributed by atoms with van der Waals surface area (Å²) in [5, 5.41) is 12.2. The van der Waals surface area contributed by atoms with Crippen molar-refractivity contribution in [3.8, 4) is 0 Å². The minimum Gasteiger partial charge on any atom is -0.379 e. The van der Waals surface area contributed by atoms with Crippen LogP contribution in [0.15, 0.2) is 48.5 Å². The number of tetrazole rings is 1. The number of morpholine rings is 1. The maximum atomic E-state index is 13.9. The molecule has 0 bridgehead atoms. The summed E-state index contributed by atoms with van der Waals surface area (Å²) in [6.45, 7) is 3.00. The number of hydrogen-bond acceptors (Lipinski definition) is 5. The van der Waals surface area contributed by atoms with Crippen molar-refractivity contribution < 1.29 is 13.5 Å². The summed E-state index contributed by atoms with van der Waals surface area (Å²) in [5.74, 6) is 0.0248. The van der Waals surface area contributed by atoms with Gasteiger partial charge in [-0.05, 0) is 45.8 Å². The van der Waals surface area contributed by atoms with E-state index in [0.29, 0.717) is 38.7 Å². The summed E-state index contributed by atoms with van der Waals surface area (Å²) < 4.78 is 34.2. The topological polar surface area (TPSA) is 56.1 Å². The molecule has 1 atom stereocenters. The molecule has 6 nitrogen and oxygen atoms in total. The van der Waals surface area contributed by atoms with Crippen LogP contribution in [-0.2, 0) is 11.3 Å². The maximum absolute atomic E-state index is 13.9. The molecule has 3 aromatic rings. The molecule has 2 aromatic carbocycles. The number of aromatic nitrogens is 4. The molecule has 0 amide bonds. The van der Waals surface area contributed by atoms with Gasteiger partial charge in [-0.1, -0.05) is 24.3 Å². The van der Waals surface area contributed by atoms with Crippen LogP contribution in [-0.4, -0.2) is 51.4 Å². The molecule has 0 saturated carbocycles. The Hall–Kier alpha value is -2.71. The van der Waals surface area contributed by atoms with Crippen molar-refractivity contribution in [1.82, 2.24) is 25.1 Å². The highest BCUT2D eigenvalue weighted by molar-refractivity contribution is 5.26. The van der Waals surface area contributed by atoms with Gasteiger partial charge in [-0.25, -0.2) is 13.5 Å². The van der Waals surface area contributed by atoms with E-state index in [1.807, 2.05) is 6.07 Å². The van der Waals surface area contributed by atoms with E-state index in [4.69, 9.17) is 4.74 Å². The second-order valence-corrected chi connectivity index (χ2v) is 6.43. The van der Waals surface area contributed by atoms with Gasteiger partial charge in [-0.2, -0.15) is 0 Å². The Balaban J connectivity index is 1.70. The van der Waals surface area contributed by atoms with Crippen LogP contribution in [0.2, 0.25) is 0 Å². The van der Waals surface area contributed by atoms with Gasteiger partial charge >= 0.3 is 0 Å². The Morgan fingerprint density at radius 2 is 1.78 bits per heavy atom. The van der Waals surface area contributed by atoms with Gasteiger partial charge in [-0.15, -0.1) is 5.10 Å². The van der Waals surface area contributed by atoms with Gasteiger partial charge in [0.15, 0.2) is 5.82 Å². The molecular formula is C19H19F2N5O. The molecule has 1 fully saturated rings. The van der Waals surface area contributed by atoms with E-state index < -0.39 is 0 Å². The summed E-state index contributed by atoms with van der Waals surface area (Å²) in [6.07, 6.45) is 0. The van der Waals surface area contributed by atoms with Crippen LogP contribution in [0.1, 0.15) is 23.0 Å². The average molecular weight is 371 g/mol. The third-order valence-electron chi connectivity index (χ3n) is 4.63. The average Bonchev–Trinajstić information content (AvgIpc) is 3.13. The largest absolute Gasteiger partial charge is 0.379 e. The third kappa shape index (κ3) is 4.01. The van der Waals surface area contributed by atoms with E-state index in [-0.39, 0.29) is 17.7 Å². The second-order valence-electron chi connectivity index (χ2n) is 6.43. The predicted molar refractivity (Wildman–Crippen MR) is 94.0 cm³/mol. The van der Waals surface area contributed by atoms with Crippen LogP contribution in [0.25, 0.3) is 0 Å². The summed E-state index contributed by atoms with van der Waals surface area (Å²) >= 11 is 0. The van der Waals surface area contributed by atoms with Crippen molar-refractivity contribution in [2.45, 2.75) is 12.6 Å². The first-order valence-corrected chi connectivity index (χ1v) is 8.78. The fourth-order valence-corrected chi connectivity index (χ4v) is 3.32. The zero-order valence-electron chi connectivity index (χ0n) is 14.6. The van der Waals surface area contributed by atoms with Gasteiger partial charge in [0, 0.05) is 13.1 Å². The minimum absolute atomic E-state index is 0.290. The molecule has 1 unspecified atom stereocenters. The number of hydrogen-bond donors (Lipinski definition) is 0. The van der Waals surface area contributed by atoms with Crippen molar-refractivity contribution in [3.05, 3.63) is 77.1 Å². The number of nitrogens with zero attached hydrogens (tertiary/aromatic N) is 5. The lowest BCUT2D eigenvalue weighted by Crippen LogP contribution is -2.40. The molecule has 0 radical (unpaired) electrons. The molecule has 2 heterocycles. The standard InChI is InChI=1S/C19H19F2N5O/c20-16-6-4-14(5-7-16)13-26-19(22-23-24-26)18(25-8-10-27-11-9-25)15-2-1-3-17(21)12-15/h1-7,12,18H,8-11,13H2. The highest BCUT2D eigenvalue weighted by Gasteiger charge is 2.29. The summed E-state index contributed by atoms with van der Waals surface area (Å²) in [5.41, 5.74) is 1.66. The summed E-state index contributed by atoms with van der Waals surface area (Å²) in [7, 11) is 0. The second kappa shape index (κ2) is 7.89. The van der Waals surface area contributed by atoms with Crippen LogP contribution in [0.5, 0.6) is 0 Å². The van der Waals surface area contributed by atoms with Gasteiger partial charge in [0.25, 0.3) is 0 Å². The van der Waals surface area contributed by atoms with Gasteiger partial charge in [-0.3, -0.25) is 4.90 Å². The quantitative estimate of drug-likeness (QED) is 0.690. The van der Waals surface area contributed by atoms with Crippen molar-refractivity contribution in [2.75, 3.05) is 26.3 Å². The Kier molecular flexibility index (Phi) is 5.17. The van der Waals surface area contributed by atoms with Crippen molar-refractivity contribution in [2.24, 2.45) is 0 Å². The van der Waals surface area contributed by atoms with Crippen LogP contribution in [0, 0.1) is 11.6 Å². The lowest BCUT2D eigenvalue weighted by Gasteiger charge is -2.33. The van der Waals surface area contributed by atoms with Crippen molar-refractivity contribution in [3.63, 3.8) is 0 Å². The number of rotatable bonds is 5. The van der Waals surface area contributed by atoms with Gasteiger partial charge in [0.2, 0.25) is 0 Å². The molecule has 140 valence electrons. The van der Waals surface area contributed by atoms with Crippen molar-refractivity contribution >= 4 is 0 Å². The molecule has 0 N–H and O–H groups in total. The van der Waals surface area contributed by atoms with E-state index >= 15 is 0 Å². The van der Waals surface area contributed by atoms with E-state index in [1.54, 1.807) is 22.9 Å². The van der Waals surface area contributed by atoms with E-state index in [1.165, 1.54) is 24.3 Å². The first kappa shape index (κ1) is 17.7. The molecule has 1 aliphatic heterocycles. The smallest absolute Gasteiger partial charge is 0.173 e. The zero-order valence-corrected chi connectivity index (χ0v) is 14.6. The Morgan fingerprint density at radius 1 is 1.00 bits per heavy atom. The van der Waals surface area contributed by atoms with E-state index in [0.717, 1.165) is 11.1 Å². The van der Waals surface area contributed by atoms with Gasteiger partial charge in [0.1, 0.15) is 11.6 Å². The first-order chi connectivity index (χ1) is 13.2. The fraction of sp³-hybridized carbons (Fsp3) is 0.316. The van der Waals surface area contributed by atoms with Gasteiger partial charge in [0.05, 0.1) is 25.8 Å². The predicted octanol–water partition coefficient (Wildman–Crippen LogP) is 2.42. The zero-order chi connectivity index (χ0) is 18.6. The lowest BCUT2D eigenvalue weighted by molar-refractivity contribution is 0.0216. The molecule has 1 saturated heterocycles. The molecule has 1 aromatic heterocycles. The minimum atomic E-state index is -0.302. The molecule has 27 heavy (non-hydrogen) atoms.